The lowest BCUT2D eigenvalue weighted by atomic mass is 9.49. The zero-order valence-corrected chi connectivity index (χ0v) is 17.6. The van der Waals surface area contributed by atoms with Gasteiger partial charge in [0, 0.05) is 18.3 Å². The molecule has 4 aliphatic rings. The Morgan fingerprint density at radius 2 is 1.97 bits per heavy atom. The van der Waals surface area contributed by atoms with Gasteiger partial charge in [-0.2, -0.15) is 0 Å². The molecule has 4 saturated carbocycles. The first-order valence-corrected chi connectivity index (χ1v) is 11.7. The summed E-state index contributed by atoms with van der Waals surface area (Å²) in [5, 5.41) is 10.5. The number of carbonyl (C=O) groups excluding carboxylic acids is 1. The number of aliphatic hydroxyl groups is 1. The molecule has 0 radical (unpaired) electrons. The average molecular weight is 403 g/mol. The van der Waals surface area contributed by atoms with Crippen molar-refractivity contribution in [2.45, 2.75) is 76.9 Å². The van der Waals surface area contributed by atoms with Crippen LogP contribution in [0.1, 0.15) is 64.7 Å². The van der Waals surface area contributed by atoms with Crippen molar-refractivity contribution in [3.63, 3.8) is 0 Å². The number of halogens is 1. The fourth-order valence-electron chi connectivity index (χ4n) is 8.28. The zero-order valence-electron chi connectivity index (χ0n) is 17.6. The van der Waals surface area contributed by atoms with Gasteiger partial charge in [-0.1, -0.05) is 6.92 Å². The molecule has 5 rings (SSSR count). The van der Waals surface area contributed by atoms with Gasteiger partial charge in [-0.15, -0.1) is 0 Å². The number of rotatable bonds is 4. The summed E-state index contributed by atoms with van der Waals surface area (Å²) in [6.45, 7) is 2.26. The maximum Gasteiger partial charge on any atom is 0.156 e. The van der Waals surface area contributed by atoms with Crippen LogP contribution in [-0.4, -0.2) is 32.7 Å². The molecule has 2 unspecified atom stereocenters. The van der Waals surface area contributed by atoms with Gasteiger partial charge in [-0.25, -0.2) is 9.37 Å². The molecule has 0 saturated heterocycles. The van der Waals surface area contributed by atoms with E-state index in [1.54, 1.807) is 12.5 Å². The summed E-state index contributed by atoms with van der Waals surface area (Å²) in [5.74, 6) is 3.81. The van der Waals surface area contributed by atoms with Crippen LogP contribution in [0.15, 0.2) is 18.7 Å². The fraction of sp³-hybridized carbons (Fsp3) is 0.833. The first-order chi connectivity index (χ1) is 13.9. The molecular formula is C24H35FN2O2. The number of imidazole rings is 1. The van der Waals surface area contributed by atoms with E-state index in [2.05, 4.69) is 11.9 Å². The fourth-order valence-corrected chi connectivity index (χ4v) is 8.28. The SMILES string of the molecule is C[C@]12CC[C@@H]3C4CC[C@](O)(CF)CC4CC[C@H]3[C@@H]1CC[C@@H]2C(=O)Cn1ccnc1. The first kappa shape index (κ1) is 19.7. The lowest BCUT2D eigenvalue weighted by molar-refractivity contribution is -0.134. The van der Waals surface area contributed by atoms with Crippen molar-refractivity contribution in [2.24, 2.45) is 40.9 Å². The van der Waals surface area contributed by atoms with E-state index in [1.807, 2.05) is 10.8 Å². The molecule has 29 heavy (non-hydrogen) atoms. The van der Waals surface area contributed by atoms with Crippen molar-refractivity contribution in [3.05, 3.63) is 18.7 Å². The molecule has 8 atom stereocenters. The van der Waals surface area contributed by atoms with E-state index in [4.69, 9.17) is 0 Å². The summed E-state index contributed by atoms with van der Waals surface area (Å²) in [5.41, 5.74) is -0.921. The zero-order chi connectivity index (χ0) is 20.2. The largest absolute Gasteiger partial charge is 0.387 e. The van der Waals surface area contributed by atoms with E-state index in [1.165, 1.54) is 19.3 Å². The minimum Gasteiger partial charge on any atom is -0.387 e. The number of carbonyl (C=O) groups is 1. The summed E-state index contributed by atoms with van der Waals surface area (Å²) in [6.07, 6.45) is 14.6. The lowest BCUT2D eigenvalue weighted by Gasteiger charge is -2.57. The van der Waals surface area contributed by atoms with Gasteiger partial charge in [0.2, 0.25) is 0 Å². The number of hydrogen-bond acceptors (Lipinski definition) is 3. The number of alkyl halides is 1. The third-order valence-corrected chi connectivity index (χ3v) is 9.64. The van der Waals surface area contributed by atoms with Gasteiger partial charge < -0.3 is 9.67 Å². The Morgan fingerprint density at radius 1 is 1.14 bits per heavy atom. The van der Waals surface area contributed by atoms with Crippen LogP contribution in [0.25, 0.3) is 0 Å². The number of ketones is 1. The number of aromatic nitrogens is 2. The van der Waals surface area contributed by atoms with Gasteiger partial charge >= 0.3 is 0 Å². The van der Waals surface area contributed by atoms with Gasteiger partial charge in [0.05, 0.1) is 18.5 Å². The molecule has 0 bridgehead atoms. The second-order valence-electron chi connectivity index (χ2n) is 10.9. The van der Waals surface area contributed by atoms with E-state index in [0.29, 0.717) is 42.9 Å². The van der Waals surface area contributed by atoms with Crippen molar-refractivity contribution in [2.75, 3.05) is 6.67 Å². The van der Waals surface area contributed by atoms with Crippen LogP contribution in [0.3, 0.4) is 0 Å². The molecular weight excluding hydrogens is 367 g/mol. The van der Waals surface area contributed by atoms with E-state index >= 15 is 0 Å². The highest BCUT2D eigenvalue weighted by Gasteiger charge is 2.58. The summed E-state index contributed by atoms with van der Waals surface area (Å²) in [7, 11) is 0. The highest BCUT2D eigenvalue weighted by atomic mass is 19.1. The van der Waals surface area contributed by atoms with Crippen molar-refractivity contribution in [3.8, 4) is 0 Å². The van der Waals surface area contributed by atoms with Gasteiger partial charge in [0.1, 0.15) is 6.67 Å². The summed E-state index contributed by atoms with van der Waals surface area (Å²) in [4.78, 5) is 17.2. The van der Waals surface area contributed by atoms with Crippen LogP contribution in [-0.2, 0) is 11.3 Å². The molecule has 5 heteroatoms. The molecule has 4 aliphatic carbocycles. The van der Waals surface area contributed by atoms with Crippen LogP contribution in [0.5, 0.6) is 0 Å². The maximum atomic E-state index is 13.3. The Hall–Kier alpha value is -1.23. The lowest BCUT2D eigenvalue weighted by Crippen LogP contribution is -2.52. The minimum absolute atomic E-state index is 0.139. The third-order valence-electron chi connectivity index (χ3n) is 9.64. The molecule has 1 heterocycles. The predicted octanol–water partition coefficient (Wildman–Crippen LogP) is 4.42. The van der Waals surface area contributed by atoms with E-state index in [0.717, 1.165) is 37.5 Å². The van der Waals surface area contributed by atoms with Gasteiger partial charge in [-0.3, -0.25) is 4.79 Å². The quantitative estimate of drug-likeness (QED) is 0.811. The number of fused-ring (bicyclic) bond motifs is 5. The second kappa shape index (κ2) is 7.18. The molecule has 0 aliphatic heterocycles. The molecule has 4 fully saturated rings. The molecule has 0 amide bonds. The Kier molecular flexibility index (Phi) is 4.88. The molecule has 1 aromatic rings. The number of hydrogen-bond donors (Lipinski definition) is 1. The predicted molar refractivity (Wildman–Crippen MR) is 109 cm³/mol. The Bertz CT molecular complexity index is 752. The first-order valence-electron chi connectivity index (χ1n) is 11.7. The van der Waals surface area contributed by atoms with E-state index in [-0.39, 0.29) is 11.3 Å². The molecule has 4 nitrogen and oxygen atoms in total. The normalized spacial score (nSPS) is 46.6. The Labute approximate surface area is 173 Å². The highest BCUT2D eigenvalue weighted by molar-refractivity contribution is 5.82. The molecule has 0 spiro atoms. The monoisotopic (exact) mass is 402 g/mol. The molecule has 1 aromatic heterocycles. The Morgan fingerprint density at radius 3 is 2.72 bits per heavy atom. The number of nitrogens with zero attached hydrogens (tertiary/aromatic N) is 2. The van der Waals surface area contributed by atoms with Crippen molar-refractivity contribution < 1.29 is 14.3 Å². The third kappa shape index (κ3) is 3.19. The highest BCUT2D eigenvalue weighted by Crippen LogP contribution is 2.64. The van der Waals surface area contributed by atoms with Crippen LogP contribution in [0.4, 0.5) is 4.39 Å². The summed E-state index contributed by atoms with van der Waals surface area (Å²) < 4.78 is 15.3. The molecule has 160 valence electrons. The van der Waals surface area contributed by atoms with E-state index in [9.17, 15) is 14.3 Å². The number of Topliss-reactive ketones (excluding diaryl/α,β-unsaturated/α-hetero) is 1. The van der Waals surface area contributed by atoms with Gasteiger partial charge in [0.25, 0.3) is 0 Å². The topological polar surface area (TPSA) is 55.1 Å². The van der Waals surface area contributed by atoms with Crippen molar-refractivity contribution >= 4 is 5.78 Å². The average Bonchev–Trinajstić information content (AvgIpc) is 3.34. The van der Waals surface area contributed by atoms with Crippen LogP contribution >= 0.6 is 0 Å². The summed E-state index contributed by atoms with van der Waals surface area (Å²) >= 11 is 0. The molecule has 0 aromatic carbocycles. The standard InChI is InChI=1S/C24H35FN2O2/c1-23-8-6-18-17-7-9-24(29,14-25)12-16(17)2-3-19(18)20(23)4-5-21(23)22(28)13-27-11-10-26-15-27/h10-11,15-21,29H,2-9,12-14H2,1H3/t16?,17?,18-,19-,20+,21-,23+,24-/m1/s1. The van der Waals surface area contributed by atoms with Gasteiger partial charge in [0.15, 0.2) is 5.78 Å². The molecule has 1 N–H and O–H groups in total. The van der Waals surface area contributed by atoms with Crippen LogP contribution in [0, 0.1) is 40.9 Å². The van der Waals surface area contributed by atoms with Crippen LogP contribution < -0.4 is 0 Å². The minimum atomic E-state index is -1.06. The van der Waals surface area contributed by atoms with E-state index < -0.39 is 12.3 Å². The van der Waals surface area contributed by atoms with Crippen molar-refractivity contribution in [1.82, 2.24) is 9.55 Å². The maximum absolute atomic E-state index is 13.3. The van der Waals surface area contributed by atoms with Crippen LogP contribution in [0.2, 0.25) is 0 Å². The van der Waals surface area contributed by atoms with Crippen molar-refractivity contribution in [1.29, 1.82) is 0 Å². The summed E-state index contributed by atoms with van der Waals surface area (Å²) in [6, 6.07) is 0. The Balaban J connectivity index is 1.31. The smallest absolute Gasteiger partial charge is 0.156 e. The second-order valence-corrected chi connectivity index (χ2v) is 10.9. The van der Waals surface area contributed by atoms with Gasteiger partial charge in [-0.05, 0) is 92.8 Å².